The summed E-state index contributed by atoms with van der Waals surface area (Å²) in [6, 6.07) is 16.8. The Labute approximate surface area is 241 Å². The number of nitrogens with one attached hydrogen (secondary N) is 2. The minimum Gasteiger partial charge on any atom is -0.369 e. The molecule has 1 aliphatic heterocycles. The lowest BCUT2D eigenvalue weighted by molar-refractivity contribution is -0.127. The molecular weight excluding hydrogens is 517 g/mol. The van der Waals surface area contributed by atoms with Crippen LogP contribution in [-0.2, 0) is 4.79 Å². The van der Waals surface area contributed by atoms with E-state index in [1.165, 1.54) is 5.69 Å². The van der Waals surface area contributed by atoms with E-state index < -0.39 is 12.0 Å². The summed E-state index contributed by atoms with van der Waals surface area (Å²) in [6.07, 6.45) is 6.42. The number of hydrogen-bond donors (Lipinski definition) is 2. The van der Waals surface area contributed by atoms with Gasteiger partial charge in [0.15, 0.2) is 5.82 Å². The maximum absolute atomic E-state index is 16.1. The van der Waals surface area contributed by atoms with Crippen LogP contribution >= 0.6 is 0 Å². The first-order valence-corrected chi connectivity index (χ1v) is 14.5. The van der Waals surface area contributed by atoms with Gasteiger partial charge in [-0.1, -0.05) is 47.0 Å². The average Bonchev–Trinajstić information content (AvgIpc) is 3.60. The topological polar surface area (TPSA) is 76.6 Å². The lowest BCUT2D eigenvalue weighted by Gasteiger charge is -2.35. The van der Waals surface area contributed by atoms with Crippen LogP contribution in [-0.4, -0.2) is 60.0 Å². The maximum Gasteiger partial charge on any atom is 0.229 e. The Morgan fingerprint density at radius 2 is 1.80 bits per heavy atom. The number of hydrogen-bond acceptors (Lipinski definition) is 7. The van der Waals surface area contributed by atoms with E-state index >= 15 is 4.48 Å². The monoisotopic (exact) mass is 555 g/mol. The Morgan fingerprint density at radius 1 is 1.05 bits per heavy atom. The van der Waals surface area contributed by atoms with Gasteiger partial charge in [0.1, 0.15) is 0 Å². The van der Waals surface area contributed by atoms with Crippen molar-refractivity contribution in [2.75, 3.05) is 48.6 Å². The molecule has 1 amide bonds. The Balaban J connectivity index is 1.16. The number of fused-ring (bicyclic) bond motifs is 2. The normalized spacial score (nSPS) is 24.3. The van der Waals surface area contributed by atoms with Crippen molar-refractivity contribution in [3.05, 3.63) is 84.1 Å². The number of rotatable bonds is 8. The molecular formula is C32H38FN7O. The number of benzene rings is 2. The Hall–Kier alpha value is -3.98. The number of likely N-dealkylation sites (N-methyl/N-ethyl adjacent to an activating group) is 1. The van der Waals surface area contributed by atoms with E-state index in [0.717, 1.165) is 49.4 Å². The molecule has 2 heterocycles. The fourth-order valence-electron chi connectivity index (χ4n) is 6.53. The van der Waals surface area contributed by atoms with E-state index in [2.05, 4.69) is 62.6 Å². The molecule has 3 aliphatic rings. The van der Waals surface area contributed by atoms with Crippen molar-refractivity contribution in [3.8, 4) is 0 Å². The minimum absolute atomic E-state index is 0.00690. The number of piperazine rings is 1. The van der Waals surface area contributed by atoms with Gasteiger partial charge in [-0.05, 0) is 62.6 Å². The largest absolute Gasteiger partial charge is 0.369 e. The van der Waals surface area contributed by atoms with Crippen LogP contribution in [0.15, 0.2) is 72.9 Å². The first kappa shape index (κ1) is 27.2. The molecule has 5 atom stereocenters. The fourth-order valence-corrected chi connectivity index (χ4v) is 6.53. The highest BCUT2D eigenvalue weighted by Gasteiger charge is 2.52. The molecule has 2 N–H and O–H groups in total. The number of aromatic nitrogens is 2. The van der Waals surface area contributed by atoms with Crippen LogP contribution in [0, 0.1) is 24.7 Å². The second-order valence-electron chi connectivity index (χ2n) is 11.6. The van der Waals surface area contributed by atoms with Crippen LogP contribution < -0.4 is 20.7 Å². The number of carbonyl (C=O) groups is 1. The van der Waals surface area contributed by atoms with Gasteiger partial charge in [-0.15, -0.1) is 0 Å². The van der Waals surface area contributed by atoms with E-state index in [1.54, 1.807) is 12.3 Å². The SMILES string of the molecule is Cc1cc(Nc2nccc(N(F)C3C4C=CC(C4)C3C(=O)NC(C)c3ccccc3)n2)ccc1N1CCN(C)CC1. The molecule has 8 nitrogen and oxygen atoms in total. The lowest BCUT2D eigenvalue weighted by atomic mass is 9.87. The number of anilines is 4. The number of halogens is 1. The van der Waals surface area contributed by atoms with E-state index in [-0.39, 0.29) is 29.6 Å². The second kappa shape index (κ2) is 11.5. The third kappa shape index (κ3) is 5.63. The van der Waals surface area contributed by atoms with Crippen molar-refractivity contribution in [1.29, 1.82) is 0 Å². The number of nitrogens with zero attached hydrogens (tertiary/aromatic N) is 5. The van der Waals surface area contributed by atoms with Crippen LogP contribution in [0.5, 0.6) is 0 Å². The number of aryl methyl sites for hydroxylation is 1. The zero-order valence-corrected chi connectivity index (χ0v) is 23.9. The lowest BCUT2D eigenvalue weighted by Crippen LogP contribution is -2.47. The standard InChI is InChI=1S/C32H38FN7O/c1-21-19-26(11-12-27(21)39-17-15-38(3)16-18-39)36-32-34-14-13-28(37-32)40(33)30-25-10-9-24(20-25)29(30)31(41)35-22(2)23-7-5-4-6-8-23/h4-14,19,22,24-25,29-30H,15-18,20H2,1-3H3,(H,35,41)(H,34,36,37). The highest BCUT2D eigenvalue weighted by Crippen LogP contribution is 2.47. The quantitative estimate of drug-likeness (QED) is 0.298. The molecule has 0 radical (unpaired) electrons. The van der Waals surface area contributed by atoms with Gasteiger partial charge >= 0.3 is 0 Å². The first-order chi connectivity index (χ1) is 19.9. The van der Waals surface area contributed by atoms with Gasteiger partial charge < -0.3 is 20.4 Å². The van der Waals surface area contributed by atoms with Gasteiger partial charge in [0, 0.05) is 55.7 Å². The van der Waals surface area contributed by atoms with Gasteiger partial charge in [0.2, 0.25) is 11.9 Å². The molecule has 9 heteroatoms. The van der Waals surface area contributed by atoms with Gasteiger partial charge in [-0.25, -0.2) is 4.98 Å². The molecule has 5 unspecified atom stereocenters. The first-order valence-electron chi connectivity index (χ1n) is 14.5. The number of amides is 1. The summed E-state index contributed by atoms with van der Waals surface area (Å²) < 4.78 is 16.1. The Morgan fingerprint density at radius 3 is 2.56 bits per heavy atom. The summed E-state index contributed by atoms with van der Waals surface area (Å²) in [5, 5.41) is 7.05. The minimum atomic E-state index is -0.624. The van der Waals surface area contributed by atoms with Crippen LogP contribution in [0.25, 0.3) is 0 Å². The average molecular weight is 556 g/mol. The molecule has 1 aromatic heterocycles. The second-order valence-corrected chi connectivity index (χ2v) is 11.6. The predicted octanol–water partition coefficient (Wildman–Crippen LogP) is 5.04. The molecule has 0 spiro atoms. The highest BCUT2D eigenvalue weighted by molar-refractivity contribution is 5.82. The fraction of sp³-hybridized carbons (Fsp3) is 0.406. The summed E-state index contributed by atoms with van der Waals surface area (Å²) >= 11 is 0. The van der Waals surface area contributed by atoms with E-state index in [4.69, 9.17) is 0 Å². The van der Waals surface area contributed by atoms with Crippen molar-refractivity contribution >= 4 is 29.0 Å². The van der Waals surface area contributed by atoms with Crippen LogP contribution in [0.4, 0.5) is 27.6 Å². The van der Waals surface area contributed by atoms with Crippen LogP contribution in [0.1, 0.15) is 30.5 Å². The predicted molar refractivity (Wildman–Crippen MR) is 161 cm³/mol. The smallest absolute Gasteiger partial charge is 0.229 e. The third-order valence-corrected chi connectivity index (χ3v) is 8.80. The van der Waals surface area contributed by atoms with Gasteiger partial charge in [-0.2, -0.15) is 10.1 Å². The van der Waals surface area contributed by atoms with E-state index in [9.17, 15) is 4.79 Å². The van der Waals surface area contributed by atoms with Crippen LogP contribution in [0.2, 0.25) is 0 Å². The van der Waals surface area contributed by atoms with Crippen molar-refractivity contribution in [3.63, 3.8) is 0 Å². The van der Waals surface area contributed by atoms with Crippen molar-refractivity contribution < 1.29 is 9.28 Å². The van der Waals surface area contributed by atoms with Gasteiger partial charge in [0.05, 0.1) is 18.0 Å². The van der Waals surface area contributed by atoms with Crippen molar-refractivity contribution in [2.45, 2.75) is 32.4 Å². The highest BCUT2D eigenvalue weighted by atomic mass is 19.2. The molecule has 2 aliphatic carbocycles. The zero-order valence-electron chi connectivity index (χ0n) is 23.9. The molecule has 3 aromatic rings. The number of carbonyl (C=O) groups excluding carboxylic acids is 1. The molecule has 2 fully saturated rings. The summed E-state index contributed by atoms with van der Waals surface area (Å²) in [4.78, 5) is 27.1. The van der Waals surface area contributed by atoms with Crippen LogP contribution in [0.3, 0.4) is 0 Å². The summed E-state index contributed by atoms with van der Waals surface area (Å²) in [7, 11) is 2.15. The summed E-state index contributed by atoms with van der Waals surface area (Å²) in [5.41, 5.74) is 4.25. The zero-order chi connectivity index (χ0) is 28.5. The van der Waals surface area contributed by atoms with E-state index in [1.807, 2.05) is 49.4 Å². The molecule has 1 saturated heterocycles. The summed E-state index contributed by atoms with van der Waals surface area (Å²) in [5.74, 6) is -0.217. The summed E-state index contributed by atoms with van der Waals surface area (Å²) in [6.45, 7) is 8.17. The van der Waals surface area contributed by atoms with Crippen molar-refractivity contribution in [2.24, 2.45) is 17.8 Å². The molecule has 2 aromatic carbocycles. The Kier molecular flexibility index (Phi) is 7.62. The molecule has 1 saturated carbocycles. The van der Waals surface area contributed by atoms with Gasteiger partial charge in [-0.3, -0.25) is 4.79 Å². The van der Waals surface area contributed by atoms with Gasteiger partial charge in [0.25, 0.3) is 0 Å². The number of allylic oxidation sites excluding steroid dienone is 1. The molecule has 41 heavy (non-hydrogen) atoms. The van der Waals surface area contributed by atoms with E-state index in [0.29, 0.717) is 11.1 Å². The Bertz CT molecular complexity index is 1410. The molecule has 6 rings (SSSR count). The van der Waals surface area contributed by atoms with Crippen molar-refractivity contribution in [1.82, 2.24) is 20.2 Å². The molecule has 214 valence electrons. The maximum atomic E-state index is 16.1. The third-order valence-electron chi connectivity index (χ3n) is 8.80. The molecule has 2 bridgehead atoms.